The van der Waals surface area contributed by atoms with Gasteiger partial charge < -0.3 is 9.47 Å². The van der Waals surface area contributed by atoms with Crippen LogP contribution in [0, 0.1) is 18.3 Å². The van der Waals surface area contributed by atoms with Crippen LogP contribution in [0.5, 0.6) is 0 Å². The van der Waals surface area contributed by atoms with Crippen molar-refractivity contribution in [1.82, 2.24) is 19.4 Å². The van der Waals surface area contributed by atoms with E-state index in [2.05, 4.69) is 14.9 Å². The Morgan fingerprint density at radius 1 is 1.26 bits per heavy atom. The van der Waals surface area contributed by atoms with Gasteiger partial charge in [0.1, 0.15) is 24.8 Å². The molecule has 0 saturated carbocycles. The molecule has 2 aliphatic rings. The van der Waals surface area contributed by atoms with Crippen molar-refractivity contribution in [3.8, 4) is 11.9 Å². The highest BCUT2D eigenvalue weighted by Crippen LogP contribution is 2.32. The number of imidazole rings is 1. The number of fused-ring (bicyclic) bond motifs is 1. The Labute approximate surface area is 179 Å². The number of benzene rings is 1. The minimum atomic E-state index is -0.244. The molecule has 1 fully saturated rings. The fraction of sp³-hybridized carbons (Fsp3) is 0.304. The molecule has 0 aliphatic carbocycles. The second-order valence-corrected chi connectivity index (χ2v) is 7.78. The summed E-state index contributed by atoms with van der Waals surface area (Å²) in [6.07, 6.45) is 5.06. The van der Waals surface area contributed by atoms with E-state index < -0.39 is 0 Å². The fourth-order valence-electron chi connectivity index (χ4n) is 4.18. The van der Waals surface area contributed by atoms with Gasteiger partial charge in [0.25, 0.3) is 0 Å². The van der Waals surface area contributed by atoms with Gasteiger partial charge in [0, 0.05) is 37.6 Å². The summed E-state index contributed by atoms with van der Waals surface area (Å²) in [7, 11) is 0. The van der Waals surface area contributed by atoms with Crippen molar-refractivity contribution in [2.75, 3.05) is 19.7 Å². The van der Waals surface area contributed by atoms with Crippen molar-refractivity contribution in [1.29, 1.82) is 5.26 Å². The number of aromatic nitrogens is 3. The summed E-state index contributed by atoms with van der Waals surface area (Å²) < 4.78 is 13.0. The molecule has 0 N–H and O–H groups in total. The number of nitriles is 1. The number of pyridine rings is 1. The lowest BCUT2D eigenvalue weighted by molar-refractivity contribution is -0.0332. The molecule has 5 rings (SSSR count). The van der Waals surface area contributed by atoms with Gasteiger partial charge in [-0.3, -0.25) is 9.47 Å². The Bertz CT molecular complexity index is 1180. The lowest BCUT2D eigenvalue weighted by Gasteiger charge is -2.34. The average Bonchev–Trinajstić information content (AvgIpc) is 3.42. The lowest BCUT2D eigenvalue weighted by atomic mass is 9.94. The molecule has 0 bridgehead atoms. The Hall–Kier alpha value is -3.54. The number of ether oxygens (including phenoxy) is 2. The maximum absolute atomic E-state index is 11.8. The second kappa shape index (κ2) is 7.95. The van der Waals surface area contributed by atoms with Crippen LogP contribution in [-0.2, 0) is 22.6 Å². The van der Waals surface area contributed by atoms with Gasteiger partial charge in [-0.05, 0) is 35.7 Å². The first-order valence-electron chi connectivity index (χ1n) is 10.1. The molecule has 1 atom stereocenters. The predicted molar refractivity (Wildman–Crippen MR) is 110 cm³/mol. The van der Waals surface area contributed by atoms with Gasteiger partial charge in [-0.2, -0.15) is 5.26 Å². The molecule has 0 spiro atoms. The van der Waals surface area contributed by atoms with E-state index in [1.54, 1.807) is 17.1 Å². The third-order valence-electron chi connectivity index (χ3n) is 5.88. The van der Waals surface area contributed by atoms with E-state index in [0.29, 0.717) is 24.5 Å². The Morgan fingerprint density at radius 3 is 2.94 bits per heavy atom. The normalized spacial score (nSPS) is 18.5. The molecule has 0 radical (unpaired) electrons. The average molecular weight is 415 g/mol. The Balaban J connectivity index is 1.28. The van der Waals surface area contributed by atoms with Crippen molar-refractivity contribution in [3.63, 3.8) is 0 Å². The number of hydrogen-bond donors (Lipinski definition) is 0. The van der Waals surface area contributed by atoms with Crippen molar-refractivity contribution < 1.29 is 14.3 Å². The largest absolute Gasteiger partial charge is 0.457 e. The molecule has 1 aromatic carbocycles. The second-order valence-electron chi connectivity index (χ2n) is 7.78. The number of esters is 1. The molecule has 8 heteroatoms. The van der Waals surface area contributed by atoms with Crippen molar-refractivity contribution in [2.24, 2.45) is 0 Å². The highest BCUT2D eigenvalue weighted by Gasteiger charge is 2.29. The van der Waals surface area contributed by atoms with E-state index in [9.17, 15) is 4.79 Å². The third-order valence-corrected chi connectivity index (χ3v) is 5.88. The lowest BCUT2D eigenvalue weighted by Crippen LogP contribution is -2.38. The monoisotopic (exact) mass is 415 g/mol. The molecule has 3 aromatic rings. The molecule has 156 valence electrons. The van der Waals surface area contributed by atoms with E-state index in [-0.39, 0.29) is 12.1 Å². The first-order valence-corrected chi connectivity index (χ1v) is 10.1. The van der Waals surface area contributed by atoms with Crippen LogP contribution in [0.2, 0.25) is 0 Å². The van der Waals surface area contributed by atoms with Crippen LogP contribution >= 0.6 is 0 Å². The van der Waals surface area contributed by atoms with Crippen LogP contribution < -0.4 is 0 Å². The van der Waals surface area contributed by atoms with Gasteiger partial charge in [-0.25, -0.2) is 14.8 Å². The predicted octanol–water partition coefficient (Wildman–Crippen LogP) is 2.69. The van der Waals surface area contributed by atoms with Crippen molar-refractivity contribution in [3.05, 3.63) is 76.5 Å². The van der Waals surface area contributed by atoms with Crippen LogP contribution in [0.15, 0.2) is 43.0 Å². The first-order chi connectivity index (χ1) is 15.1. The molecule has 4 heterocycles. The van der Waals surface area contributed by atoms with Crippen molar-refractivity contribution in [2.45, 2.75) is 26.2 Å². The van der Waals surface area contributed by atoms with Gasteiger partial charge in [-0.15, -0.1) is 0 Å². The van der Waals surface area contributed by atoms with Crippen LogP contribution in [-0.4, -0.2) is 45.1 Å². The van der Waals surface area contributed by atoms with Crippen LogP contribution in [0.4, 0.5) is 0 Å². The summed E-state index contributed by atoms with van der Waals surface area (Å²) in [5.74, 6) is 0.481. The van der Waals surface area contributed by atoms with E-state index in [0.717, 1.165) is 47.7 Å². The maximum atomic E-state index is 11.8. The number of carbonyl (C=O) groups is 1. The zero-order valence-electron chi connectivity index (χ0n) is 17.1. The summed E-state index contributed by atoms with van der Waals surface area (Å²) in [6.45, 7) is 5.41. The van der Waals surface area contributed by atoms with E-state index in [1.807, 2.05) is 43.5 Å². The number of cyclic esters (lactones) is 1. The van der Waals surface area contributed by atoms with Gasteiger partial charge >= 0.3 is 5.97 Å². The minimum Gasteiger partial charge on any atom is -0.457 e. The molecule has 2 aromatic heterocycles. The minimum absolute atomic E-state index is 0.0441. The highest BCUT2D eigenvalue weighted by atomic mass is 16.5. The summed E-state index contributed by atoms with van der Waals surface area (Å²) in [5.41, 5.74) is 5.31. The van der Waals surface area contributed by atoms with E-state index in [1.165, 1.54) is 0 Å². The number of nitrogens with zero attached hydrogens (tertiary/aromatic N) is 5. The van der Waals surface area contributed by atoms with Gasteiger partial charge in [0.2, 0.25) is 0 Å². The summed E-state index contributed by atoms with van der Waals surface area (Å²) in [6, 6.07) is 9.84. The van der Waals surface area contributed by atoms with E-state index in [4.69, 9.17) is 14.7 Å². The Kier molecular flexibility index (Phi) is 4.98. The quantitative estimate of drug-likeness (QED) is 0.605. The highest BCUT2D eigenvalue weighted by molar-refractivity contribution is 5.93. The molecule has 1 unspecified atom stereocenters. The summed E-state index contributed by atoms with van der Waals surface area (Å²) in [5, 5.41) is 8.92. The molecule has 1 saturated heterocycles. The summed E-state index contributed by atoms with van der Waals surface area (Å²) >= 11 is 0. The zero-order valence-corrected chi connectivity index (χ0v) is 17.1. The fourth-order valence-corrected chi connectivity index (χ4v) is 4.18. The molecule has 2 aliphatic heterocycles. The number of rotatable bonds is 4. The number of morpholine rings is 1. The standard InChI is InChI=1S/C23H21N5O3/c1-15-18(3-4-19-20(15)13-31-23(19)29)21-12-27(6-7-30-21)10-16-2-5-22(25-9-16)28-11-17(8-24)26-14-28/h2-5,9,11,14,21H,6-7,10,12-13H2,1H3. The molecule has 31 heavy (non-hydrogen) atoms. The Morgan fingerprint density at radius 2 is 2.16 bits per heavy atom. The topological polar surface area (TPSA) is 93.3 Å². The van der Waals surface area contributed by atoms with Gasteiger partial charge in [0.05, 0.1) is 18.3 Å². The molecule has 0 amide bonds. The first kappa shape index (κ1) is 19.4. The number of carbonyl (C=O) groups excluding carboxylic acids is 1. The van der Waals surface area contributed by atoms with Gasteiger partial charge in [-0.1, -0.05) is 12.1 Å². The van der Waals surface area contributed by atoms with E-state index >= 15 is 0 Å². The summed E-state index contributed by atoms with van der Waals surface area (Å²) in [4.78, 5) is 22.7. The smallest absolute Gasteiger partial charge is 0.338 e. The molecular formula is C23H21N5O3. The molecule has 8 nitrogen and oxygen atoms in total. The van der Waals surface area contributed by atoms with Gasteiger partial charge in [0.15, 0.2) is 5.69 Å². The van der Waals surface area contributed by atoms with Crippen LogP contribution in [0.1, 0.15) is 44.4 Å². The van der Waals surface area contributed by atoms with Crippen LogP contribution in [0.3, 0.4) is 0 Å². The van der Waals surface area contributed by atoms with Crippen molar-refractivity contribution >= 4 is 5.97 Å². The maximum Gasteiger partial charge on any atom is 0.338 e. The third kappa shape index (κ3) is 3.69. The number of hydrogen-bond acceptors (Lipinski definition) is 7. The molecular weight excluding hydrogens is 394 g/mol. The van der Waals surface area contributed by atoms with Crippen LogP contribution in [0.25, 0.3) is 5.82 Å². The zero-order chi connectivity index (χ0) is 21.4. The SMILES string of the molecule is Cc1c(C2CN(Cc3ccc(-n4cnc(C#N)c4)nc3)CCO2)ccc2c1COC2=O.